The third kappa shape index (κ3) is 14.2. The lowest BCUT2D eigenvalue weighted by molar-refractivity contribution is -0.143. The number of aliphatic hydroxyl groups excluding tert-OH is 2. The Morgan fingerprint density at radius 2 is 0.955 bits per heavy atom. The Hall–Kier alpha value is -4.36. The summed E-state index contributed by atoms with van der Waals surface area (Å²) in [5, 5.41) is 41.2. The van der Waals surface area contributed by atoms with Gasteiger partial charge in [-0.15, -0.1) is 0 Å². The zero-order valence-corrected chi connectivity index (χ0v) is 25.2. The summed E-state index contributed by atoms with van der Waals surface area (Å²) in [5.41, 5.74) is 10.7. The average Bonchev–Trinajstić information content (AvgIpc) is 2.92. The number of hydrogen-bond donors (Lipinski definition) is 11. The number of nitrogens with two attached hydrogens (primary N) is 2. The molecule has 19 nitrogen and oxygen atoms in total. The fourth-order valence-electron chi connectivity index (χ4n) is 3.42. The second-order valence-electron chi connectivity index (χ2n) is 10.5. The maximum Gasteiger partial charge on any atom is 0.328 e. The molecule has 0 unspecified atom stereocenters. The minimum atomic E-state index is -1.66. The van der Waals surface area contributed by atoms with E-state index < -0.39 is 109 Å². The van der Waals surface area contributed by atoms with E-state index in [-0.39, 0.29) is 12.3 Å². The Bertz CT molecular complexity index is 1070. The van der Waals surface area contributed by atoms with Crippen LogP contribution in [-0.4, -0.2) is 118 Å². The van der Waals surface area contributed by atoms with Crippen LogP contribution in [0.5, 0.6) is 0 Å². The largest absolute Gasteiger partial charge is 0.480 e. The Morgan fingerprint density at radius 3 is 1.36 bits per heavy atom. The summed E-state index contributed by atoms with van der Waals surface area (Å²) < 4.78 is 0. The zero-order valence-electron chi connectivity index (χ0n) is 25.2. The molecule has 0 fully saturated rings. The van der Waals surface area contributed by atoms with Gasteiger partial charge in [0.15, 0.2) is 0 Å². The molecule has 0 rings (SSSR count). The fraction of sp³-hybridized carbons (Fsp3) is 0.680. The van der Waals surface area contributed by atoms with Gasteiger partial charge in [0.2, 0.25) is 41.4 Å². The van der Waals surface area contributed by atoms with E-state index in [9.17, 15) is 43.5 Å². The van der Waals surface area contributed by atoms with Crippen molar-refractivity contribution in [1.29, 1.82) is 0 Å². The highest BCUT2D eigenvalue weighted by Gasteiger charge is 2.33. The number of carboxylic acids is 1. The molecule has 7 amide bonds. The van der Waals surface area contributed by atoms with E-state index in [1.54, 1.807) is 13.8 Å². The molecule has 0 radical (unpaired) electrons. The van der Waals surface area contributed by atoms with Crippen molar-refractivity contribution < 1.29 is 53.7 Å². The lowest BCUT2D eigenvalue weighted by Gasteiger charge is -2.26. The highest BCUT2D eigenvalue weighted by Crippen LogP contribution is 2.07. The molecule has 0 aliphatic carbocycles. The lowest BCUT2D eigenvalue weighted by atomic mass is 10.0. The summed E-state index contributed by atoms with van der Waals surface area (Å²) in [6.07, 6.45) is -0.713. The summed E-state index contributed by atoms with van der Waals surface area (Å²) in [7, 11) is 0. The van der Waals surface area contributed by atoms with E-state index in [1.165, 1.54) is 20.8 Å². The minimum absolute atomic E-state index is 0.0257. The third-order valence-electron chi connectivity index (χ3n) is 5.91. The van der Waals surface area contributed by atoms with E-state index in [0.29, 0.717) is 0 Å². The molecule has 250 valence electrons. The fourth-order valence-corrected chi connectivity index (χ4v) is 3.42. The van der Waals surface area contributed by atoms with Crippen molar-refractivity contribution in [2.75, 3.05) is 13.2 Å². The van der Waals surface area contributed by atoms with Crippen LogP contribution in [0.15, 0.2) is 0 Å². The molecule has 44 heavy (non-hydrogen) atoms. The first-order chi connectivity index (χ1) is 20.3. The molecular weight excluding hydrogens is 588 g/mol. The first-order valence-corrected chi connectivity index (χ1v) is 13.6. The summed E-state index contributed by atoms with van der Waals surface area (Å²) >= 11 is 0. The summed E-state index contributed by atoms with van der Waals surface area (Å²) in [5.74, 6) is -8.17. The number of hydrogen-bond acceptors (Lipinski definition) is 11. The van der Waals surface area contributed by atoms with Gasteiger partial charge in [-0.1, -0.05) is 13.8 Å². The Labute approximate surface area is 253 Å². The highest BCUT2D eigenvalue weighted by atomic mass is 16.4. The van der Waals surface area contributed by atoms with Crippen molar-refractivity contribution in [1.82, 2.24) is 31.9 Å². The van der Waals surface area contributed by atoms with E-state index in [4.69, 9.17) is 21.7 Å². The topological polar surface area (TPSA) is 321 Å². The van der Waals surface area contributed by atoms with Gasteiger partial charge < -0.3 is 58.7 Å². The standard InChI is InChI=1S/C25H44N8O11/c1-10(2)6-14(22(40)29-13(5)21(39)33-17(9-35)25(43)44)30-23(41)15(7-18(27)36)31-24(42)16(8-34)32-20(38)12(4)28-19(37)11(3)26/h10-17,34-35H,6-9,26H2,1-5H3,(H2,27,36)(H,28,37)(H,29,40)(H,30,41)(H,31,42)(H,32,38)(H,33,39)(H,43,44)/t11-,12-,13-,14-,15-,16-,17-/m0/s1. The van der Waals surface area contributed by atoms with Crippen molar-refractivity contribution in [2.45, 2.75) is 89.8 Å². The molecule has 0 aromatic carbocycles. The first kappa shape index (κ1) is 39.6. The smallest absolute Gasteiger partial charge is 0.328 e. The normalized spacial score (nSPS) is 15.7. The van der Waals surface area contributed by atoms with Gasteiger partial charge >= 0.3 is 5.97 Å². The second kappa shape index (κ2) is 19.0. The lowest BCUT2D eigenvalue weighted by Crippen LogP contribution is -2.60. The van der Waals surface area contributed by atoms with Crippen molar-refractivity contribution in [3.05, 3.63) is 0 Å². The van der Waals surface area contributed by atoms with Gasteiger partial charge in [-0.25, -0.2) is 4.79 Å². The predicted molar refractivity (Wildman–Crippen MR) is 152 cm³/mol. The minimum Gasteiger partial charge on any atom is -0.480 e. The van der Waals surface area contributed by atoms with Gasteiger partial charge in [-0.05, 0) is 33.1 Å². The maximum atomic E-state index is 13.1. The molecule has 0 saturated carbocycles. The van der Waals surface area contributed by atoms with Gasteiger partial charge in [-0.2, -0.15) is 0 Å². The van der Waals surface area contributed by atoms with Crippen LogP contribution in [0.25, 0.3) is 0 Å². The predicted octanol–water partition coefficient (Wildman–Crippen LogP) is -5.73. The van der Waals surface area contributed by atoms with Gasteiger partial charge in [0.05, 0.1) is 25.7 Å². The monoisotopic (exact) mass is 632 g/mol. The number of carbonyl (C=O) groups is 8. The van der Waals surface area contributed by atoms with Crippen LogP contribution >= 0.6 is 0 Å². The molecule has 13 N–H and O–H groups in total. The van der Waals surface area contributed by atoms with Crippen LogP contribution in [0.4, 0.5) is 0 Å². The summed E-state index contributed by atoms with van der Waals surface area (Å²) in [6.45, 7) is 5.52. The number of nitrogens with one attached hydrogen (secondary N) is 6. The van der Waals surface area contributed by atoms with Crippen molar-refractivity contribution in [2.24, 2.45) is 17.4 Å². The van der Waals surface area contributed by atoms with Crippen molar-refractivity contribution >= 4 is 47.3 Å². The summed E-state index contributed by atoms with van der Waals surface area (Å²) in [6, 6.07) is -9.58. The van der Waals surface area contributed by atoms with Gasteiger partial charge in [0.1, 0.15) is 36.3 Å². The van der Waals surface area contributed by atoms with Gasteiger partial charge in [-0.3, -0.25) is 33.6 Å². The van der Waals surface area contributed by atoms with E-state index in [1.807, 2.05) is 5.32 Å². The average molecular weight is 633 g/mol. The number of aliphatic carboxylic acids is 1. The molecule has 0 aromatic heterocycles. The van der Waals surface area contributed by atoms with Crippen LogP contribution in [0.1, 0.15) is 47.5 Å². The number of primary amides is 1. The molecule has 0 aromatic rings. The number of rotatable bonds is 19. The molecule has 7 atom stereocenters. The van der Waals surface area contributed by atoms with Crippen LogP contribution in [-0.2, 0) is 38.4 Å². The quantitative estimate of drug-likeness (QED) is 0.0634. The Kier molecular flexibility index (Phi) is 17.1. The zero-order chi connectivity index (χ0) is 34.3. The van der Waals surface area contributed by atoms with Crippen LogP contribution < -0.4 is 43.4 Å². The molecule has 0 heterocycles. The Balaban J connectivity index is 5.67. The van der Waals surface area contributed by atoms with E-state index >= 15 is 0 Å². The number of carbonyl (C=O) groups excluding carboxylic acids is 7. The van der Waals surface area contributed by atoms with E-state index in [0.717, 1.165) is 0 Å². The molecular formula is C25H44N8O11. The SMILES string of the molecule is CC(C)C[C@H](NC(=O)[C@H](CC(N)=O)NC(=O)[C@H](CO)NC(=O)[C@H](C)NC(=O)[C@H](C)N)C(=O)N[C@@H](C)C(=O)N[C@@H](CO)C(=O)O. The first-order valence-electron chi connectivity index (χ1n) is 13.6. The number of amides is 7. The molecule has 0 aliphatic rings. The Morgan fingerprint density at radius 1 is 0.568 bits per heavy atom. The van der Waals surface area contributed by atoms with Crippen molar-refractivity contribution in [3.63, 3.8) is 0 Å². The number of carboxylic acid groups (broad SMARTS) is 1. The van der Waals surface area contributed by atoms with Crippen molar-refractivity contribution in [3.8, 4) is 0 Å². The number of aliphatic hydroxyl groups is 2. The maximum absolute atomic E-state index is 13.1. The summed E-state index contributed by atoms with van der Waals surface area (Å²) in [4.78, 5) is 98.1. The second-order valence-corrected chi connectivity index (χ2v) is 10.5. The molecule has 0 aliphatic heterocycles. The molecule has 19 heteroatoms. The van der Waals surface area contributed by atoms with Crippen LogP contribution in [0.3, 0.4) is 0 Å². The van der Waals surface area contributed by atoms with Gasteiger partial charge in [0.25, 0.3) is 0 Å². The van der Waals surface area contributed by atoms with Gasteiger partial charge in [0, 0.05) is 0 Å². The van der Waals surface area contributed by atoms with Crippen LogP contribution in [0.2, 0.25) is 0 Å². The molecule has 0 saturated heterocycles. The van der Waals surface area contributed by atoms with Crippen LogP contribution in [0, 0.1) is 5.92 Å². The molecule has 0 spiro atoms. The highest BCUT2D eigenvalue weighted by molar-refractivity contribution is 5.98. The molecule has 0 bridgehead atoms. The van der Waals surface area contributed by atoms with E-state index in [2.05, 4.69) is 26.6 Å². The third-order valence-corrected chi connectivity index (χ3v) is 5.91.